The molecular formula is C27H30N6O3. The van der Waals surface area contributed by atoms with Crippen molar-refractivity contribution in [3.63, 3.8) is 0 Å². The van der Waals surface area contributed by atoms with Crippen molar-refractivity contribution in [3.8, 4) is 17.2 Å². The predicted octanol–water partition coefficient (Wildman–Crippen LogP) is 5.41. The first-order valence-corrected chi connectivity index (χ1v) is 11.6. The van der Waals surface area contributed by atoms with Gasteiger partial charge < -0.3 is 20.5 Å². The minimum atomic E-state index is -0.388. The molecule has 0 bridgehead atoms. The minimum Gasteiger partial charge on any atom is -0.457 e. The van der Waals surface area contributed by atoms with E-state index in [-0.39, 0.29) is 18.1 Å². The van der Waals surface area contributed by atoms with Gasteiger partial charge in [-0.15, -0.1) is 0 Å². The number of aromatic nitrogens is 3. The zero-order valence-corrected chi connectivity index (χ0v) is 20.5. The van der Waals surface area contributed by atoms with Crippen molar-refractivity contribution in [1.29, 1.82) is 0 Å². The molecule has 0 atom stereocenters. The van der Waals surface area contributed by atoms with Gasteiger partial charge in [0.2, 0.25) is 0 Å². The number of anilines is 3. The quantitative estimate of drug-likeness (QED) is 0.265. The highest BCUT2D eigenvalue weighted by molar-refractivity contribution is 5.99. The van der Waals surface area contributed by atoms with Gasteiger partial charge in [0, 0.05) is 41.8 Å². The number of nitrogens with one attached hydrogen (secondary N) is 3. The number of rotatable bonds is 8. The number of aliphatic hydroxyl groups excluding tert-OH is 1. The molecule has 0 spiro atoms. The van der Waals surface area contributed by atoms with Crippen molar-refractivity contribution >= 4 is 23.2 Å². The smallest absolute Gasteiger partial charge is 0.324 e. The van der Waals surface area contributed by atoms with Gasteiger partial charge in [0.05, 0.1) is 18.0 Å². The topological polar surface area (TPSA) is 113 Å². The number of hydrogen-bond acceptors (Lipinski definition) is 6. The van der Waals surface area contributed by atoms with E-state index in [2.05, 4.69) is 41.7 Å². The highest BCUT2D eigenvalue weighted by atomic mass is 16.5. The Morgan fingerprint density at radius 3 is 2.19 bits per heavy atom. The molecule has 0 fully saturated rings. The molecule has 0 saturated heterocycles. The number of urea groups is 1. The maximum Gasteiger partial charge on any atom is 0.324 e. The number of amides is 2. The molecule has 0 aliphatic rings. The van der Waals surface area contributed by atoms with Crippen molar-refractivity contribution in [2.24, 2.45) is 0 Å². The Hall–Kier alpha value is -4.37. The molecule has 0 unspecified atom stereocenters. The first kappa shape index (κ1) is 24.7. The average Bonchev–Trinajstić information content (AvgIpc) is 3.29. The van der Waals surface area contributed by atoms with Gasteiger partial charge in [0.15, 0.2) is 0 Å². The number of carbonyl (C=O) groups is 1. The van der Waals surface area contributed by atoms with Crippen molar-refractivity contribution in [1.82, 2.24) is 14.8 Å². The van der Waals surface area contributed by atoms with Gasteiger partial charge in [0.1, 0.15) is 17.3 Å². The molecule has 2 aromatic heterocycles. The summed E-state index contributed by atoms with van der Waals surface area (Å²) >= 11 is 0. The number of ether oxygens (including phenoxy) is 1. The first-order valence-electron chi connectivity index (χ1n) is 11.6. The number of aliphatic hydroxyl groups is 1. The third-order valence-corrected chi connectivity index (χ3v) is 5.27. The molecule has 0 saturated carbocycles. The molecule has 2 heterocycles. The van der Waals surface area contributed by atoms with Crippen LogP contribution in [0.5, 0.6) is 11.5 Å². The summed E-state index contributed by atoms with van der Waals surface area (Å²) < 4.78 is 7.48. The summed E-state index contributed by atoms with van der Waals surface area (Å²) in [5, 5.41) is 22.6. The van der Waals surface area contributed by atoms with E-state index in [1.54, 1.807) is 53.5 Å². The van der Waals surface area contributed by atoms with E-state index in [1.165, 1.54) is 0 Å². The van der Waals surface area contributed by atoms with E-state index in [0.29, 0.717) is 29.5 Å². The van der Waals surface area contributed by atoms with Crippen LogP contribution in [0.2, 0.25) is 0 Å². The third kappa shape index (κ3) is 6.39. The maximum absolute atomic E-state index is 12.8. The fourth-order valence-corrected chi connectivity index (χ4v) is 3.38. The Bertz CT molecular complexity index is 1280. The van der Waals surface area contributed by atoms with Crippen LogP contribution < -0.4 is 20.7 Å². The second-order valence-corrected chi connectivity index (χ2v) is 9.16. The van der Waals surface area contributed by atoms with Crippen LogP contribution >= 0.6 is 0 Å². The molecule has 2 amide bonds. The van der Waals surface area contributed by atoms with Crippen LogP contribution in [0.25, 0.3) is 5.69 Å². The number of hydrogen-bond donors (Lipinski definition) is 4. The molecule has 4 rings (SSSR count). The molecule has 9 nitrogen and oxygen atoms in total. The maximum atomic E-state index is 12.8. The highest BCUT2D eigenvalue weighted by Gasteiger charge is 2.21. The Labute approximate surface area is 210 Å². The van der Waals surface area contributed by atoms with E-state index in [4.69, 9.17) is 14.9 Å². The fraction of sp³-hybridized carbons (Fsp3) is 0.222. The zero-order valence-electron chi connectivity index (χ0n) is 20.5. The van der Waals surface area contributed by atoms with Gasteiger partial charge in [-0.05, 0) is 60.7 Å². The van der Waals surface area contributed by atoms with Crippen LogP contribution in [0.3, 0.4) is 0 Å². The Morgan fingerprint density at radius 2 is 1.56 bits per heavy atom. The van der Waals surface area contributed by atoms with Crippen molar-refractivity contribution in [2.45, 2.75) is 26.2 Å². The van der Waals surface area contributed by atoms with E-state index in [0.717, 1.165) is 17.1 Å². The van der Waals surface area contributed by atoms with Gasteiger partial charge in [-0.1, -0.05) is 20.8 Å². The van der Waals surface area contributed by atoms with Crippen molar-refractivity contribution in [2.75, 3.05) is 29.1 Å². The van der Waals surface area contributed by atoms with Crippen molar-refractivity contribution < 1.29 is 14.6 Å². The molecule has 186 valence electrons. The fourth-order valence-electron chi connectivity index (χ4n) is 3.38. The normalized spacial score (nSPS) is 11.1. The Morgan fingerprint density at radius 1 is 0.917 bits per heavy atom. The summed E-state index contributed by atoms with van der Waals surface area (Å²) in [6.07, 6.45) is 3.32. The average molecular weight is 487 g/mol. The molecule has 4 aromatic rings. The molecule has 0 aliphatic heterocycles. The van der Waals surface area contributed by atoms with Gasteiger partial charge in [-0.25, -0.2) is 9.48 Å². The molecule has 36 heavy (non-hydrogen) atoms. The van der Waals surface area contributed by atoms with Gasteiger partial charge in [-0.2, -0.15) is 5.10 Å². The van der Waals surface area contributed by atoms with E-state index in [9.17, 15) is 4.79 Å². The van der Waals surface area contributed by atoms with Crippen molar-refractivity contribution in [3.05, 3.63) is 84.8 Å². The van der Waals surface area contributed by atoms with E-state index >= 15 is 0 Å². The summed E-state index contributed by atoms with van der Waals surface area (Å²) in [6.45, 7) is 6.74. The zero-order chi connectivity index (χ0) is 25.5. The van der Waals surface area contributed by atoms with Crippen LogP contribution in [-0.2, 0) is 5.41 Å². The summed E-state index contributed by atoms with van der Waals surface area (Å²) in [7, 11) is 0. The molecular weight excluding hydrogens is 456 g/mol. The second kappa shape index (κ2) is 10.9. The van der Waals surface area contributed by atoms with Crippen LogP contribution in [0, 0.1) is 0 Å². The lowest BCUT2D eigenvalue weighted by molar-refractivity contribution is 0.262. The lowest BCUT2D eigenvalue weighted by Crippen LogP contribution is -2.21. The summed E-state index contributed by atoms with van der Waals surface area (Å²) in [6, 6.07) is 19.8. The molecule has 4 N–H and O–H groups in total. The van der Waals surface area contributed by atoms with Gasteiger partial charge >= 0.3 is 6.03 Å². The number of carbonyl (C=O) groups excluding carboxylic acids is 1. The first-order chi connectivity index (χ1) is 17.3. The molecule has 0 radical (unpaired) electrons. The Balaban J connectivity index is 1.47. The number of nitrogens with zero attached hydrogens (tertiary/aromatic N) is 3. The summed E-state index contributed by atoms with van der Waals surface area (Å²) in [5.74, 6) is 1.88. The second-order valence-electron chi connectivity index (χ2n) is 9.16. The van der Waals surface area contributed by atoms with Gasteiger partial charge in [-0.3, -0.25) is 10.3 Å². The summed E-state index contributed by atoms with van der Waals surface area (Å²) in [5.41, 5.74) is 2.95. The monoisotopic (exact) mass is 486 g/mol. The van der Waals surface area contributed by atoms with E-state index < -0.39 is 0 Å². The van der Waals surface area contributed by atoms with Crippen LogP contribution in [0.15, 0.2) is 79.1 Å². The highest BCUT2D eigenvalue weighted by Crippen LogP contribution is 2.27. The van der Waals surface area contributed by atoms with Gasteiger partial charge in [0.25, 0.3) is 0 Å². The predicted molar refractivity (Wildman–Crippen MR) is 141 cm³/mol. The molecule has 9 heteroatoms. The molecule has 2 aromatic carbocycles. The van der Waals surface area contributed by atoms with Crippen LogP contribution in [0.1, 0.15) is 26.5 Å². The van der Waals surface area contributed by atoms with E-state index in [1.807, 2.05) is 30.3 Å². The van der Waals surface area contributed by atoms with Crippen LogP contribution in [0.4, 0.5) is 22.0 Å². The standard InChI is InChI=1S/C27H30N6O3/c1-27(2,3)24-18-25(33(32-24)21-8-4-19(5-9-21)29-16-17-34)31-26(35)30-20-6-10-22(11-7-20)36-23-12-14-28-15-13-23/h4-15,18,29,34H,16-17H2,1-3H3,(H2,30,31,35). The number of pyridine rings is 1. The Kier molecular flexibility index (Phi) is 7.50. The molecule has 0 aliphatic carbocycles. The minimum absolute atomic E-state index is 0.0551. The summed E-state index contributed by atoms with van der Waals surface area (Å²) in [4.78, 5) is 16.8. The largest absolute Gasteiger partial charge is 0.457 e. The number of benzene rings is 2. The van der Waals surface area contributed by atoms with Crippen LogP contribution in [-0.4, -0.2) is 39.1 Å². The lowest BCUT2D eigenvalue weighted by Gasteiger charge is -2.14. The SMILES string of the molecule is CC(C)(C)c1cc(NC(=O)Nc2ccc(Oc3ccncc3)cc2)n(-c2ccc(NCCO)cc2)n1. The lowest BCUT2D eigenvalue weighted by atomic mass is 9.92. The third-order valence-electron chi connectivity index (χ3n) is 5.27.